The zero-order valence-electron chi connectivity index (χ0n) is 10.9. The lowest BCUT2D eigenvalue weighted by molar-refractivity contribution is -0.131. The molecule has 0 saturated carbocycles. The summed E-state index contributed by atoms with van der Waals surface area (Å²) in [5.74, 6) is -2.12. The van der Waals surface area contributed by atoms with E-state index in [0.29, 0.717) is 11.6 Å². The van der Waals surface area contributed by atoms with Crippen LogP contribution in [-0.4, -0.2) is 41.9 Å². The lowest BCUT2D eigenvalue weighted by atomic mass is 10.2. The van der Waals surface area contributed by atoms with Gasteiger partial charge < -0.3 is 15.3 Å². The number of halogens is 1. The van der Waals surface area contributed by atoms with E-state index in [1.54, 1.807) is 14.1 Å². The van der Waals surface area contributed by atoms with Crippen LogP contribution < -0.4 is 5.32 Å². The van der Waals surface area contributed by atoms with E-state index >= 15 is 0 Å². The van der Waals surface area contributed by atoms with Crippen LogP contribution in [0.1, 0.15) is 10.4 Å². The van der Waals surface area contributed by atoms with Gasteiger partial charge >= 0.3 is 5.97 Å². The molecule has 2 amide bonds. The monoisotopic (exact) mass is 296 g/mol. The highest BCUT2D eigenvalue weighted by atomic mass is 35.5. The standard InChI is InChI=1S/C13H13ClN2O4/c1-16(2)13(20)8-3-4-9(14)10(7-8)15-11(17)5-6-12(18)19/h3-7H,1-2H3,(H,15,17)(H,18,19)/b6-5+. The van der Waals surface area contributed by atoms with Gasteiger partial charge in [0.15, 0.2) is 0 Å². The minimum atomic E-state index is -1.23. The average Bonchev–Trinajstić information content (AvgIpc) is 2.38. The van der Waals surface area contributed by atoms with Crippen molar-refractivity contribution in [3.8, 4) is 0 Å². The van der Waals surface area contributed by atoms with E-state index < -0.39 is 11.9 Å². The molecule has 6 nitrogen and oxygen atoms in total. The fraction of sp³-hybridized carbons (Fsp3) is 0.154. The Morgan fingerprint density at radius 2 is 1.90 bits per heavy atom. The molecule has 0 atom stereocenters. The van der Waals surface area contributed by atoms with Gasteiger partial charge in [-0.05, 0) is 18.2 Å². The number of carboxylic acids is 1. The van der Waals surface area contributed by atoms with Crippen molar-refractivity contribution in [2.24, 2.45) is 0 Å². The van der Waals surface area contributed by atoms with E-state index in [-0.39, 0.29) is 16.6 Å². The van der Waals surface area contributed by atoms with E-state index in [2.05, 4.69) is 5.32 Å². The lowest BCUT2D eigenvalue weighted by Crippen LogP contribution is -2.21. The molecule has 1 rings (SSSR count). The molecule has 0 aliphatic rings. The van der Waals surface area contributed by atoms with E-state index in [1.807, 2.05) is 0 Å². The number of aliphatic carboxylic acids is 1. The largest absolute Gasteiger partial charge is 0.478 e. The molecule has 0 unspecified atom stereocenters. The fourth-order valence-corrected chi connectivity index (χ4v) is 1.50. The van der Waals surface area contributed by atoms with Crippen molar-refractivity contribution in [3.63, 3.8) is 0 Å². The van der Waals surface area contributed by atoms with Crippen molar-refractivity contribution in [2.45, 2.75) is 0 Å². The second-order valence-corrected chi connectivity index (χ2v) is 4.46. The Kier molecular flexibility index (Phi) is 5.28. The molecule has 0 spiro atoms. The highest BCUT2D eigenvalue weighted by Gasteiger charge is 2.11. The van der Waals surface area contributed by atoms with Gasteiger partial charge in [0.25, 0.3) is 5.91 Å². The topological polar surface area (TPSA) is 86.7 Å². The van der Waals surface area contributed by atoms with Crippen molar-refractivity contribution < 1.29 is 19.5 Å². The number of benzene rings is 1. The van der Waals surface area contributed by atoms with Crippen LogP contribution in [0.4, 0.5) is 5.69 Å². The second kappa shape index (κ2) is 6.72. The summed E-state index contributed by atoms with van der Waals surface area (Å²) in [5, 5.41) is 11.1. The number of rotatable bonds is 4. The molecule has 0 radical (unpaired) electrons. The molecule has 106 valence electrons. The molecule has 7 heteroatoms. The Balaban J connectivity index is 2.95. The Morgan fingerprint density at radius 1 is 1.25 bits per heavy atom. The van der Waals surface area contributed by atoms with Gasteiger partial charge in [0.1, 0.15) is 0 Å². The summed E-state index contributed by atoms with van der Waals surface area (Å²) in [4.78, 5) is 34.9. The first-order chi connectivity index (χ1) is 9.31. The van der Waals surface area contributed by atoms with Gasteiger partial charge in [-0.25, -0.2) is 4.79 Å². The predicted octanol–water partition coefficient (Wildman–Crippen LogP) is 1.62. The predicted molar refractivity (Wildman–Crippen MR) is 74.9 cm³/mol. The van der Waals surface area contributed by atoms with Crippen LogP contribution in [0, 0.1) is 0 Å². The minimum absolute atomic E-state index is 0.236. The molecule has 0 aliphatic carbocycles. The number of amides is 2. The zero-order chi connectivity index (χ0) is 15.3. The van der Waals surface area contributed by atoms with E-state index in [1.165, 1.54) is 23.1 Å². The quantitative estimate of drug-likeness (QED) is 0.827. The maximum atomic E-state index is 11.8. The molecule has 0 bridgehead atoms. The molecule has 0 aliphatic heterocycles. The third kappa shape index (κ3) is 4.40. The number of carbonyl (C=O) groups is 3. The van der Waals surface area contributed by atoms with Gasteiger partial charge in [0, 0.05) is 31.8 Å². The molecule has 2 N–H and O–H groups in total. The van der Waals surface area contributed by atoms with Crippen LogP contribution in [0.5, 0.6) is 0 Å². The summed E-state index contributed by atoms with van der Waals surface area (Å²) in [6, 6.07) is 4.44. The smallest absolute Gasteiger partial charge is 0.328 e. The highest BCUT2D eigenvalue weighted by Crippen LogP contribution is 2.23. The second-order valence-electron chi connectivity index (χ2n) is 4.06. The summed E-state index contributed by atoms with van der Waals surface area (Å²) >= 11 is 5.91. The first-order valence-corrected chi connectivity index (χ1v) is 5.92. The Morgan fingerprint density at radius 3 is 2.45 bits per heavy atom. The van der Waals surface area contributed by atoms with Crippen molar-refractivity contribution in [3.05, 3.63) is 40.9 Å². The number of nitrogens with one attached hydrogen (secondary N) is 1. The number of nitrogens with zero attached hydrogens (tertiary/aromatic N) is 1. The Bertz CT molecular complexity index is 582. The first kappa shape index (κ1) is 15.7. The third-order valence-electron chi connectivity index (χ3n) is 2.25. The molecular weight excluding hydrogens is 284 g/mol. The third-order valence-corrected chi connectivity index (χ3v) is 2.58. The fourth-order valence-electron chi connectivity index (χ4n) is 1.33. The van der Waals surface area contributed by atoms with Crippen LogP contribution in [0.25, 0.3) is 0 Å². The molecule has 0 aromatic heterocycles. The van der Waals surface area contributed by atoms with Crippen LogP contribution in [-0.2, 0) is 9.59 Å². The van der Waals surface area contributed by atoms with Gasteiger partial charge in [-0.3, -0.25) is 9.59 Å². The molecule has 0 heterocycles. The molecule has 1 aromatic carbocycles. The summed E-state index contributed by atoms with van der Waals surface area (Å²) in [6.07, 6.45) is 1.57. The van der Waals surface area contributed by atoms with Gasteiger partial charge in [-0.15, -0.1) is 0 Å². The van der Waals surface area contributed by atoms with Crippen LogP contribution in [0.3, 0.4) is 0 Å². The number of carboxylic acid groups (broad SMARTS) is 1. The minimum Gasteiger partial charge on any atom is -0.478 e. The molecule has 20 heavy (non-hydrogen) atoms. The average molecular weight is 297 g/mol. The normalized spacial score (nSPS) is 10.3. The molecule has 0 saturated heterocycles. The van der Waals surface area contributed by atoms with Crippen LogP contribution in [0.15, 0.2) is 30.4 Å². The van der Waals surface area contributed by atoms with Crippen LogP contribution in [0.2, 0.25) is 5.02 Å². The maximum absolute atomic E-state index is 11.8. The number of hydrogen-bond acceptors (Lipinski definition) is 3. The van der Waals surface area contributed by atoms with Crippen molar-refractivity contribution in [1.82, 2.24) is 4.90 Å². The van der Waals surface area contributed by atoms with Gasteiger partial charge in [-0.1, -0.05) is 11.6 Å². The SMILES string of the molecule is CN(C)C(=O)c1ccc(Cl)c(NC(=O)/C=C/C(=O)O)c1. The maximum Gasteiger partial charge on any atom is 0.328 e. The summed E-state index contributed by atoms with van der Waals surface area (Å²) in [7, 11) is 3.20. The van der Waals surface area contributed by atoms with E-state index in [4.69, 9.17) is 16.7 Å². The number of carbonyl (C=O) groups excluding carboxylic acids is 2. The van der Waals surface area contributed by atoms with Gasteiger partial charge in [0.2, 0.25) is 5.91 Å². The Hall–Kier alpha value is -2.34. The number of hydrogen-bond donors (Lipinski definition) is 2. The first-order valence-electron chi connectivity index (χ1n) is 5.54. The summed E-state index contributed by atoms with van der Waals surface area (Å²) in [5.41, 5.74) is 0.594. The number of anilines is 1. The van der Waals surface area contributed by atoms with Crippen molar-refractivity contribution in [1.29, 1.82) is 0 Å². The zero-order valence-corrected chi connectivity index (χ0v) is 11.6. The van der Waals surface area contributed by atoms with Gasteiger partial charge in [0.05, 0.1) is 10.7 Å². The summed E-state index contributed by atoms with van der Waals surface area (Å²) in [6.45, 7) is 0. The Labute approximate surface area is 120 Å². The van der Waals surface area contributed by atoms with Crippen LogP contribution >= 0.6 is 11.6 Å². The molecular formula is C13H13ClN2O4. The van der Waals surface area contributed by atoms with E-state index in [9.17, 15) is 14.4 Å². The van der Waals surface area contributed by atoms with E-state index in [0.717, 1.165) is 6.08 Å². The lowest BCUT2D eigenvalue weighted by Gasteiger charge is -2.12. The van der Waals surface area contributed by atoms with Gasteiger partial charge in [-0.2, -0.15) is 0 Å². The molecule has 0 fully saturated rings. The summed E-state index contributed by atoms with van der Waals surface area (Å²) < 4.78 is 0. The molecule has 1 aromatic rings. The van der Waals surface area contributed by atoms with Crippen molar-refractivity contribution >= 4 is 35.1 Å². The van der Waals surface area contributed by atoms with Crippen molar-refractivity contribution in [2.75, 3.05) is 19.4 Å². The highest BCUT2D eigenvalue weighted by molar-refractivity contribution is 6.34.